The van der Waals surface area contributed by atoms with E-state index in [4.69, 9.17) is 5.73 Å². The molecule has 3 nitrogen and oxygen atoms in total. The second-order valence-electron chi connectivity index (χ2n) is 5.39. The Bertz CT molecular complexity index is 389. The lowest BCUT2D eigenvalue weighted by Crippen LogP contribution is -2.45. The smallest absolute Gasteiger partial charge is 0.129 e. The van der Waals surface area contributed by atoms with E-state index in [1.807, 2.05) is 12.1 Å². The highest BCUT2D eigenvalue weighted by Gasteiger charge is 2.47. The third-order valence-corrected chi connectivity index (χ3v) is 3.99. The minimum atomic E-state index is -0.830. The van der Waals surface area contributed by atoms with Crippen molar-refractivity contribution in [1.29, 1.82) is 0 Å². The maximum atomic E-state index is 10.9. The summed E-state index contributed by atoms with van der Waals surface area (Å²) in [6.07, 6.45) is 5.69. The molecule has 3 heteroatoms. The van der Waals surface area contributed by atoms with Crippen LogP contribution in [0.25, 0.3) is 0 Å². The average Bonchev–Trinajstić information content (AvgIpc) is 2.23. The zero-order valence-electron chi connectivity index (χ0n) is 10.0. The number of anilines is 1. The van der Waals surface area contributed by atoms with Gasteiger partial charge in [-0.15, -0.1) is 0 Å². The summed E-state index contributed by atoms with van der Waals surface area (Å²) in [5.74, 6) is 0.458. The Morgan fingerprint density at radius 2 is 2.00 bits per heavy atom. The average molecular weight is 220 g/mol. The summed E-state index contributed by atoms with van der Waals surface area (Å²) in [4.78, 5) is 4.08. The Morgan fingerprint density at radius 3 is 2.62 bits per heavy atom. The largest absolute Gasteiger partial charge is 0.384 e. The fourth-order valence-corrected chi connectivity index (χ4v) is 2.76. The highest BCUT2D eigenvalue weighted by molar-refractivity contribution is 5.44. The SMILES string of the molecule is CC1(C)CCCCC1(O)c1cccnc1N. The number of pyridine rings is 1. The Labute approximate surface area is 96.7 Å². The van der Waals surface area contributed by atoms with Crippen molar-refractivity contribution in [2.24, 2.45) is 5.41 Å². The van der Waals surface area contributed by atoms with E-state index in [2.05, 4.69) is 18.8 Å². The van der Waals surface area contributed by atoms with Gasteiger partial charge in [-0.1, -0.05) is 32.8 Å². The quantitative estimate of drug-likeness (QED) is 0.764. The van der Waals surface area contributed by atoms with Crippen LogP contribution in [0.1, 0.15) is 45.1 Å². The third-order valence-electron chi connectivity index (χ3n) is 3.99. The van der Waals surface area contributed by atoms with Gasteiger partial charge in [0, 0.05) is 11.8 Å². The number of nitrogen functional groups attached to an aromatic ring is 1. The lowest BCUT2D eigenvalue weighted by Gasteiger charge is -2.47. The molecule has 1 unspecified atom stereocenters. The highest BCUT2D eigenvalue weighted by atomic mass is 16.3. The maximum absolute atomic E-state index is 10.9. The van der Waals surface area contributed by atoms with E-state index >= 15 is 0 Å². The molecule has 0 saturated heterocycles. The molecule has 0 amide bonds. The lowest BCUT2D eigenvalue weighted by molar-refractivity contribution is -0.103. The normalized spacial score (nSPS) is 28.9. The van der Waals surface area contributed by atoms with E-state index in [1.165, 1.54) is 6.42 Å². The first-order chi connectivity index (χ1) is 7.47. The Hall–Kier alpha value is -1.09. The van der Waals surface area contributed by atoms with E-state index in [9.17, 15) is 5.11 Å². The van der Waals surface area contributed by atoms with Gasteiger partial charge in [0.2, 0.25) is 0 Å². The summed E-state index contributed by atoms with van der Waals surface area (Å²) in [6.45, 7) is 4.22. The Balaban J connectivity index is 2.48. The van der Waals surface area contributed by atoms with Crippen LogP contribution >= 0.6 is 0 Å². The van der Waals surface area contributed by atoms with Crippen molar-refractivity contribution in [2.75, 3.05) is 5.73 Å². The highest BCUT2D eigenvalue weighted by Crippen LogP contribution is 2.50. The fraction of sp³-hybridized carbons (Fsp3) is 0.615. The second kappa shape index (κ2) is 3.74. The van der Waals surface area contributed by atoms with Crippen molar-refractivity contribution in [3.8, 4) is 0 Å². The van der Waals surface area contributed by atoms with Gasteiger partial charge >= 0.3 is 0 Å². The number of hydrogen-bond donors (Lipinski definition) is 2. The third kappa shape index (κ3) is 1.59. The molecule has 88 valence electrons. The van der Waals surface area contributed by atoms with Crippen LogP contribution < -0.4 is 5.73 Å². The van der Waals surface area contributed by atoms with E-state index in [0.29, 0.717) is 5.82 Å². The Kier molecular flexibility index (Phi) is 2.66. The van der Waals surface area contributed by atoms with Crippen molar-refractivity contribution >= 4 is 5.82 Å². The Morgan fingerprint density at radius 1 is 1.31 bits per heavy atom. The van der Waals surface area contributed by atoms with Crippen molar-refractivity contribution in [2.45, 2.75) is 45.1 Å². The molecule has 1 atom stereocenters. The van der Waals surface area contributed by atoms with Crippen molar-refractivity contribution < 1.29 is 5.11 Å². The molecule has 2 rings (SSSR count). The lowest BCUT2D eigenvalue weighted by atomic mass is 9.62. The van der Waals surface area contributed by atoms with Crippen LogP contribution in [0.2, 0.25) is 0 Å². The number of hydrogen-bond acceptors (Lipinski definition) is 3. The molecule has 1 aromatic rings. The van der Waals surface area contributed by atoms with Crippen LogP contribution in [-0.2, 0) is 5.60 Å². The molecule has 0 bridgehead atoms. The summed E-state index contributed by atoms with van der Waals surface area (Å²) < 4.78 is 0. The van der Waals surface area contributed by atoms with Gasteiger partial charge in [0.05, 0.1) is 5.60 Å². The summed E-state index contributed by atoms with van der Waals surface area (Å²) >= 11 is 0. The molecule has 0 radical (unpaired) electrons. The molecular formula is C13H20N2O. The summed E-state index contributed by atoms with van der Waals surface area (Å²) in [5, 5.41) is 10.9. The molecule has 0 aliphatic heterocycles. The molecule has 1 heterocycles. The monoisotopic (exact) mass is 220 g/mol. The number of rotatable bonds is 1. The zero-order chi connectivity index (χ0) is 11.8. The van der Waals surface area contributed by atoms with Crippen LogP contribution in [0, 0.1) is 5.41 Å². The van der Waals surface area contributed by atoms with Gasteiger partial charge in [0.25, 0.3) is 0 Å². The molecule has 1 fully saturated rings. The molecule has 1 aromatic heterocycles. The maximum Gasteiger partial charge on any atom is 0.129 e. The van der Waals surface area contributed by atoms with Gasteiger partial charge in [-0.2, -0.15) is 0 Å². The number of aromatic nitrogens is 1. The van der Waals surface area contributed by atoms with E-state index < -0.39 is 5.60 Å². The molecule has 1 aliphatic rings. The first-order valence-electron chi connectivity index (χ1n) is 5.91. The minimum absolute atomic E-state index is 0.137. The van der Waals surface area contributed by atoms with E-state index in [-0.39, 0.29) is 5.41 Å². The van der Waals surface area contributed by atoms with Crippen molar-refractivity contribution in [3.05, 3.63) is 23.9 Å². The molecule has 3 N–H and O–H groups in total. The molecular weight excluding hydrogens is 200 g/mol. The number of nitrogens with two attached hydrogens (primary N) is 1. The number of nitrogens with zero attached hydrogens (tertiary/aromatic N) is 1. The van der Waals surface area contributed by atoms with Gasteiger partial charge in [0.1, 0.15) is 5.82 Å². The first kappa shape index (κ1) is 11.4. The molecule has 1 aliphatic carbocycles. The van der Waals surface area contributed by atoms with Crippen LogP contribution in [0.15, 0.2) is 18.3 Å². The van der Waals surface area contributed by atoms with Crippen LogP contribution in [0.3, 0.4) is 0 Å². The van der Waals surface area contributed by atoms with Gasteiger partial charge in [-0.3, -0.25) is 0 Å². The molecule has 0 aromatic carbocycles. The molecule has 16 heavy (non-hydrogen) atoms. The van der Waals surface area contributed by atoms with E-state index in [0.717, 1.165) is 24.8 Å². The topological polar surface area (TPSA) is 59.1 Å². The predicted molar refractivity (Wildman–Crippen MR) is 64.8 cm³/mol. The molecule has 0 spiro atoms. The van der Waals surface area contributed by atoms with Crippen molar-refractivity contribution in [3.63, 3.8) is 0 Å². The van der Waals surface area contributed by atoms with Crippen molar-refractivity contribution in [1.82, 2.24) is 4.98 Å². The second-order valence-corrected chi connectivity index (χ2v) is 5.39. The first-order valence-corrected chi connectivity index (χ1v) is 5.91. The predicted octanol–water partition coefficient (Wildman–Crippen LogP) is 2.45. The van der Waals surface area contributed by atoms with Gasteiger partial charge in [-0.25, -0.2) is 4.98 Å². The van der Waals surface area contributed by atoms with Gasteiger partial charge < -0.3 is 10.8 Å². The number of aliphatic hydroxyl groups is 1. The van der Waals surface area contributed by atoms with E-state index in [1.54, 1.807) is 6.20 Å². The van der Waals surface area contributed by atoms with Crippen LogP contribution in [0.4, 0.5) is 5.82 Å². The van der Waals surface area contributed by atoms with Gasteiger partial charge in [-0.05, 0) is 24.3 Å². The van der Waals surface area contributed by atoms with Gasteiger partial charge in [0.15, 0.2) is 0 Å². The zero-order valence-corrected chi connectivity index (χ0v) is 10.0. The standard InChI is InChI=1S/C13H20N2O/c1-12(2)7-3-4-8-13(12,16)10-6-5-9-15-11(10)14/h5-6,9,16H,3-4,7-8H2,1-2H3,(H2,14,15). The fourth-order valence-electron chi connectivity index (χ4n) is 2.76. The van der Waals surface area contributed by atoms with Crippen LogP contribution in [-0.4, -0.2) is 10.1 Å². The summed E-state index contributed by atoms with van der Waals surface area (Å²) in [5.41, 5.74) is 5.71. The minimum Gasteiger partial charge on any atom is -0.384 e. The summed E-state index contributed by atoms with van der Waals surface area (Å²) in [7, 11) is 0. The summed E-state index contributed by atoms with van der Waals surface area (Å²) in [6, 6.07) is 3.74. The molecule has 1 saturated carbocycles. The van der Waals surface area contributed by atoms with Crippen LogP contribution in [0.5, 0.6) is 0 Å².